The van der Waals surface area contributed by atoms with Crippen molar-refractivity contribution in [3.8, 4) is 0 Å². The largest absolute Gasteiger partial charge is 0.444 e. The van der Waals surface area contributed by atoms with E-state index in [9.17, 15) is 13.6 Å². The molecule has 2 aromatic rings. The molecular weight excluding hydrogens is 352 g/mol. The van der Waals surface area contributed by atoms with Crippen molar-refractivity contribution in [3.05, 3.63) is 53.1 Å². The Hall–Kier alpha value is -2.44. The first kappa shape index (κ1) is 19.3. The summed E-state index contributed by atoms with van der Waals surface area (Å²) in [5, 5.41) is 2.89. The normalized spacial score (nSPS) is 19.9. The standard InChI is InChI=1S/C20H25F2N3O2/c1-12-23-10-17-16(24-19(26)27-20(2,3)4)9-8-13(11-25(12)17)14-6-5-7-15(21)18(14)22/h5-7,10,13,16H,8-9,11H2,1-4H3,(H,24,26)/t13-,16-/m1/s1. The van der Waals surface area contributed by atoms with Crippen LogP contribution in [0.5, 0.6) is 0 Å². The van der Waals surface area contributed by atoms with Crippen LogP contribution in [-0.2, 0) is 11.3 Å². The molecule has 2 heterocycles. The Balaban J connectivity index is 1.87. The van der Waals surface area contributed by atoms with Gasteiger partial charge in [-0.3, -0.25) is 0 Å². The molecule has 146 valence electrons. The number of aryl methyl sites for hydroxylation is 1. The number of nitrogens with zero attached hydrogens (tertiary/aromatic N) is 2. The van der Waals surface area contributed by atoms with Gasteiger partial charge in [0.25, 0.3) is 0 Å². The summed E-state index contributed by atoms with van der Waals surface area (Å²) in [6, 6.07) is 3.96. The number of carbonyl (C=O) groups excluding carboxylic acids is 1. The molecule has 5 nitrogen and oxygen atoms in total. The molecule has 2 atom stereocenters. The van der Waals surface area contributed by atoms with Crippen molar-refractivity contribution in [2.75, 3.05) is 0 Å². The van der Waals surface area contributed by atoms with Crippen molar-refractivity contribution in [2.45, 2.75) is 64.6 Å². The first-order valence-electron chi connectivity index (χ1n) is 9.11. The van der Waals surface area contributed by atoms with Crippen LogP contribution < -0.4 is 5.32 Å². The number of nitrogens with one attached hydrogen (secondary N) is 1. The Labute approximate surface area is 157 Å². The number of aromatic nitrogens is 2. The van der Waals surface area contributed by atoms with Crippen molar-refractivity contribution in [1.82, 2.24) is 14.9 Å². The number of alkyl carbamates (subject to hydrolysis) is 1. The Bertz CT molecular complexity index is 842. The fourth-order valence-corrected chi connectivity index (χ4v) is 3.51. The number of amides is 1. The van der Waals surface area contributed by atoms with Gasteiger partial charge in [0.15, 0.2) is 11.6 Å². The van der Waals surface area contributed by atoms with Crippen LogP contribution in [0.4, 0.5) is 13.6 Å². The zero-order valence-electron chi connectivity index (χ0n) is 16.1. The maximum Gasteiger partial charge on any atom is 0.408 e. The Morgan fingerprint density at radius 2 is 2.04 bits per heavy atom. The minimum Gasteiger partial charge on any atom is -0.444 e. The molecule has 0 bridgehead atoms. The minimum absolute atomic E-state index is 0.210. The highest BCUT2D eigenvalue weighted by molar-refractivity contribution is 5.68. The molecule has 7 heteroatoms. The third-order valence-electron chi connectivity index (χ3n) is 4.76. The van der Waals surface area contributed by atoms with E-state index in [0.29, 0.717) is 24.9 Å². The number of halogens is 2. The number of carbonyl (C=O) groups is 1. The van der Waals surface area contributed by atoms with Crippen molar-refractivity contribution in [2.24, 2.45) is 0 Å². The smallest absolute Gasteiger partial charge is 0.408 e. The monoisotopic (exact) mass is 377 g/mol. The Kier molecular flexibility index (Phi) is 5.22. The number of imidazole rings is 1. The van der Waals surface area contributed by atoms with Crippen LogP contribution in [0, 0.1) is 18.6 Å². The average molecular weight is 377 g/mol. The zero-order chi connectivity index (χ0) is 19.8. The van der Waals surface area contributed by atoms with Crippen LogP contribution in [-0.4, -0.2) is 21.2 Å². The summed E-state index contributed by atoms with van der Waals surface area (Å²) in [7, 11) is 0. The quantitative estimate of drug-likeness (QED) is 0.831. The summed E-state index contributed by atoms with van der Waals surface area (Å²) >= 11 is 0. The van der Waals surface area contributed by atoms with Gasteiger partial charge in [-0.2, -0.15) is 0 Å². The second kappa shape index (κ2) is 7.29. The van der Waals surface area contributed by atoms with Crippen molar-refractivity contribution in [1.29, 1.82) is 0 Å². The van der Waals surface area contributed by atoms with Gasteiger partial charge < -0.3 is 14.6 Å². The van der Waals surface area contributed by atoms with Gasteiger partial charge in [-0.1, -0.05) is 12.1 Å². The summed E-state index contributed by atoms with van der Waals surface area (Å²) in [5.41, 5.74) is 0.600. The van der Waals surface area contributed by atoms with Crippen molar-refractivity contribution >= 4 is 6.09 Å². The van der Waals surface area contributed by atoms with E-state index in [2.05, 4.69) is 10.3 Å². The molecule has 0 saturated heterocycles. The molecule has 1 N–H and O–H groups in total. The average Bonchev–Trinajstić information content (AvgIpc) is 2.81. The van der Waals surface area contributed by atoms with Gasteiger partial charge in [0.05, 0.1) is 17.9 Å². The van der Waals surface area contributed by atoms with Gasteiger partial charge in [-0.15, -0.1) is 0 Å². The second-order valence-corrected chi connectivity index (χ2v) is 7.96. The van der Waals surface area contributed by atoms with Crippen molar-refractivity contribution in [3.63, 3.8) is 0 Å². The number of hydrogen-bond donors (Lipinski definition) is 1. The van der Waals surface area contributed by atoms with Crippen LogP contribution >= 0.6 is 0 Å². The molecule has 0 saturated carbocycles. The highest BCUT2D eigenvalue weighted by atomic mass is 19.2. The highest BCUT2D eigenvalue weighted by Crippen LogP contribution is 2.35. The Morgan fingerprint density at radius 3 is 2.74 bits per heavy atom. The van der Waals surface area contributed by atoms with E-state index in [-0.39, 0.29) is 12.0 Å². The first-order valence-corrected chi connectivity index (χ1v) is 9.11. The maximum atomic E-state index is 14.3. The molecule has 1 aromatic carbocycles. The predicted molar refractivity (Wildman–Crippen MR) is 97.4 cm³/mol. The van der Waals surface area contributed by atoms with E-state index in [1.807, 2.05) is 11.5 Å². The van der Waals surface area contributed by atoms with E-state index < -0.39 is 23.3 Å². The van der Waals surface area contributed by atoms with Gasteiger partial charge in [0, 0.05) is 12.5 Å². The summed E-state index contributed by atoms with van der Waals surface area (Å²) in [5.74, 6) is -1.09. The summed E-state index contributed by atoms with van der Waals surface area (Å²) in [6.45, 7) is 7.75. The number of rotatable bonds is 2. The van der Waals surface area contributed by atoms with Gasteiger partial charge in [-0.25, -0.2) is 18.6 Å². The fourth-order valence-electron chi connectivity index (χ4n) is 3.51. The van der Waals surface area contributed by atoms with Crippen LogP contribution in [0.25, 0.3) is 0 Å². The highest BCUT2D eigenvalue weighted by Gasteiger charge is 2.30. The van der Waals surface area contributed by atoms with Crippen LogP contribution in [0.15, 0.2) is 24.4 Å². The molecular formula is C20H25F2N3O2. The molecule has 1 aliphatic rings. The van der Waals surface area contributed by atoms with Crippen LogP contribution in [0.1, 0.15) is 62.7 Å². The van der Waals surface area contributed by atoms with Crippen LogP contribution in [0.2, 0.25) is 0 Å². The van der Waals surface area contributed by atoms with Crippen molar-refractivity contribution < 1.29 is 18.3 Å². The lowest BCUT2D eigenvalue weighted by Gasteiger charge is -2.23. The lowest BCUT2D eigenvalue weighted by atomic mass is 9.92. The van der Waals surface area contributed by atoms with Gasteiger partial charge in [0.2, 0.25) is 0 Å². The molecule has 0 radical (unpaired) electrons. The molecule has 0 unspecified atom stereocenters. The summed E-state index contributed by atoms with van der Waals surface area (Å²) in [6.07, 6.45) is 2.39. The lowest BCUT2D eigenvalue weighted by molar-refractivity contribution is 0.0499. The van der Waals surface area contributed by atoms with E-state index in [0.717, 1.165) is 17.6 Å². The third kappa shape index (κ3) is 4.28. The topological polar surface area (TPSA) is 56.2 Å². The van der Waals surface area contributed by atoms with E-state index in [4.69, 9.17) is 4.74 Å². The zero-order valence-corrected chi connectivity index (χ0v) is 16.1. The lowest BCUT2D eigenvalue weighted by Crippen LogP contribution is -2.35. The molecule has 3 rings (SSSR count). The van der Waals surface area contributed by atoms with Gasteiger partial charge in [0.1, 0.15) is 11.4 Å². The molecule has 1 amide bonds. The van der Waals surface area contributed by atoms with E-state index in [1.165, 1.54) is 6.07 Å². The second-order valence-electron chi connectivity index (χ2n) is 7.96. The number of hydrogen-bond acceptors (Lipinski definition) is 3. The fraction of sp³-hybridized carbons (Fsp3) is 0.500. The summed E-state index contributed by atoms with van der Waals surface area (Å²) < 4.78 is 35.3. The molecule has 27 heavy (non-hydrogen) atoms. The Morgan fingerprint density at radius 1 is 1.30 bits per heavy atom. The molecule has 0 spiro atoms. The number of fused-ring (bicyclic) bond motifs is 1. The minimum atomic E-state index is -0.845. The SMILES string of the molecule is Cc1ncc2n1C[C@H](c1cccc(F)c1F)CC[C@H]2NC(=O)OC(C)(C)C. The first-order chi connectivity index (χ1) is 12.7. The van der Waals surface area contributed by atoms with E-state index in [1.54, 1.807) is 33.0 Å². The predicted octanol–water partition coefficient (Wildman–Crippen LogP) is 4.61. The molecule has 1 aromatic heterocycles. The third-order valence-corrected chi connectivity index (χ3v) is 4.76. The van der Waals surface area contributed by atoms with Gasteiger partial charge in [-0.05, 0) is 52.2 Å². The number of benzene rings is 1. The molecule has 0 aliphatic carbocycles. The van der Waals surface area contributed by atoms with Gasteiger partial charge >= 0.3 is 6.09 Å². The van der Waals surface area contributed by atoms with E-state index >= 15 is 0 Å². The summed E-state index contributed by atoms with van der Waals surface area (Å²) in [4.78, 5) is 16.6. The molecule has 1 aliphatic heterocycles. The maximum absolute atomic E-state index is 14.3. The number of ether oxygens (including phenoxy) is 1. The van der Waals surface area contributed by atoms with Crippen LogP contribution in [0.3, 0.4) is 0 Å². The molecule has 0 fully saturated rings.